The minimum Gasteiger partial charge on any atom is -0.378 e. The van der Waals surface area contributed by atoms with Gasteiger partial charge in [-0.2, -0.15) is 8.42 Å². The van der Waals surface area contributed by atoms with Crippen molar-refractivity contribution in [2.75, 3.05) is 33.1 Å². The molecule has 0 atom stereocenters. The third-order valence-corrected chi connectivity index (χ3v) is 5.32. The van der Waals surface area contributed by atoms with Crippen LogP contribution < -0.4 is 4.90 Å². The zero-order valence-corrected chi connectivity index (χ0v) is 18.1. The van der Waals surface area contributed by atoms with Crippen LogP contribution in [0.25, 0.3) is 0 Å². The Morgan fingerprint density at radius 1 is 1.08 bits per heavy atom. The molecule has 0 aliphatic heterocycles. The molecule has 1 N–H and O–H groups in total. The number of hydrogen-bond donors (Lipinski definition) is 1. The van der Waals surface area contributed by atoms with Crippen LogP contribution in [0.15, 0.2) is 52.4 Å². The molecule has 1 aliphatic carbocycles. The number of anilines is 1. The third-order valence-electron chi connectivity index (χ3n) is 3.43. The lowest BCUT2D eigenvalue weighted by Crippen LogP contribution is -2.25. The fraction of sp³-hybridized carbons (Fsp3) is 0.312. The fourth-order valence-electron chi connectivity index (χ4n) is 2.13. The molecular weight excluding hydrogens is 417 g/mol. The molecule has 26 heavy (non-hydrogen) atoms. The van der Waals surface area contributed by atoms with Crippen LogP contribution in [0.2, 0.25) is 0 Å². The molecule has 0 fully saturated rings. The second-order valence-electron chi connectivity index (χ2n) is 5.77. The minimum absolute atomic E-state index is 0. The molecular formula is C16H23Cl2N3O3S2. The first-order valence-corrected chi connectivity index (χ1v) is 10.0. The average molecular weight is 440 g/mol. The first-order chi connectivity index (χ1) is 11.2. The van der Waals surface area contributed by atoms with Crippen molar-refractivity contribution in [3.63, 3.8) is 0 Å². The first-order valence-electron chi connectivity index (χ1n) is 7.25. The van der Waals surface area contributed by atoms with Crippen molar-refractivity contribution in [1.29, 1.82) is 0 Å². The molecule has 0 bridgehead atoms. The van der Waals surface area contributed by atoms with Crippen LogP contribution in [0.3, 0.4) is 0 Å². The fourth-order valence-corrected chi connectivity index (χ4v) is 3.80. The molecule has 0 saturated carbocycles. The third kappa shape index (κ3) is 7.30. The van der Waals surface area contributed by atoms with Crippen LogP contribution in [0.1, 0.15) is 0 Å². The van der Waals surface area contributed by atoms with Gasteiger partial charge in [-0.3, -0.25) is 9.45 Å². The van der Waals surface area contributed by atoms with Gasteiger partial charge in [-0.25, -0.2) is 4.99 Å². The van der Waals surface area contributed by atoms with Crippen LogP contribution in [-0.2, 0) is 9.15 Å². The Morgan fingerprint density at radius 2 is 1.65 bits per heavy atom. The van der Waals surface area contributed by atoms with E-state index in [0.29, 0.717) is 21.4 Å². The summed E-state index contributed by atoms with van der Waals surface area (Å²) in [5, 5.41) is 0. The molecule has 146 valence electrons. The standard InChI is InChI=1S/C16H21N3O3S2.2ClH/c1-18(2)13-7-5-12(6-8-13)17-15-10-9-14(19(3)4)11-16(15)23-24(20,21)22;;/h5-11,13H,1-4H3,(H,20,21,22);2*1H. The summed E-state index contributed by atoms with van der Waals surface area (Å²) in [5.74, 6) is 0. The maximum absolute atomic E-state index is 11.3. The number of hydrogen-bond acceptors (Lipinski definition) is 6. The van der Waals surface area contributed by atoms with E-state index in [1.54, 1.807) is 12.1 Å². The normalized spacial score (nSPS) is 16.1. The molecule has 6 nitrogen and oxygen atoms in total. The van der Waals surface area contributed by atoms with Gasteiger partial charge < -0.3 is 4.90 Å². The summed E-state index contributed by atoms with van der Waals surface area (Å²) in [7, 11) is 3.87. The molecule has 1 aromatic carbocycles. The Hall–Kier alpha value is -1.03. The lowest BCUT2D eigenvalue weighted by Gasteiger charge is -2.19. The maximum Gasteiger partial charge on any atom is 0.324 e. The Morgan fingerprint density at radius 3 is 2.12 bits per heavy atom. The summed E-state index contributed by atoms with van der Waals surface area (Å²) in [4.78, 5) is 8.81. The lowest BCUT2D eigenvalue weighted by molar-refractivity contribution is 0.391. The quantitative estimate of drug-likeness (QED) is 0.557. The largest absolute Gasteiger partial charge is 0.378 e. The van der Waals surface area contributed by atoms with Gasteiger partial charge >= 0.3 is 9.15 Å². The van der Waals surface area contributed by atoms with Gasteiger partial charge in [0.1, 0.15) is 0 Å². The number of halogens is 2. The van der Waals surface area contributed by atoms with E-state index >= 15 is 0 Å². The number of nitrogens with zero attached hydrogens (tertiary/aromatic N) is 3. The zero-order chi connectivity index (χ0) is 17.9. The highest BCUT2D eigenvalue weighted by Gasteiger charge is 2.15. The topological polar surface area (TPSA) is 73.2 Å². The Balaban J connectivity index is 0.00000312. The van der Waals surface area contributed by atoms with E-state index in [1.165, 1.54) is 0 Å². The summed E-state index contributed by atoms with van der Waals surface area (Å²) in [5.41, 5.74) is 2.05. The van der Waals surface area contributed by atoms with Crippen molar-refractivity contribution >= 4 is 61.8 Å². The van der Waals surface area contributed by atoms with Gasteiger partial charge in [-0.05, 0) is 44.4 Å². The SMILES string of the molecule is CN(C)c1ccc(N=C2C=CC(N(C)C)C=C2)c(SS(=O)(=O)O)c1.Cl.Cl. The van der Waals surface area contributed by atoms with E-state index in [0.717, 1.165) is 11.4 Å². The summed E-state index contributed by atoms with van der Waals surface area (Å²) < 4.78 is 31.7. The van der Waals surface area contributed by atoms with Gasteiger partial charge in [0, 0.05) is 36.6 Å². The molecule has 0 radical (unpaired) electrons. The van der Waals surface area contributed by atoms with Crippen LogP contribution in [0.4, 0.5) is 11.4 Å². The lowest BCUT2D eigenvalue weighted by atomic mass is 10.1. The predicted molar refractivity (Wildman–Crippen MR) is 116 cm³/mol. The monoisotopic (exact) mass is 439 g/mol. The molecule has 0 spiro atoms. The molecule has 0 amide bonds. The maximum atomic E-state index is 11.3. The number of likely N-dealkylation sites (N-methyl/N-ethyl adjacent to an activating group) is 1. The van der Waals surface area contributed by atoms with Crippen LogP contribution in [0.5, 0.6) is 0 Å². The summed E-state index contributed by atoms with van der Waals surface area (Å²) in [6.07, 6.45) is 7.82. The molecule has 1 aliphatic rings. The molecule has 0 saturated heterocycles. The number of rotatable bonds is 5. The number of benzene rings is 1. The van der Waals surface area contributed by atoms with Gasteiger partial charge in [0.05, 0.1) is 16.3 Å². The smallest absolute Gasteiger partial charge is 0.324 e. The van der Waals surface area contributed by atoms with E-state index in [4.69, 9.17) is 4.55 Å². The van der Waals surface area contributed by atoms with Crippen LogP contribution in [-0.4, -0.2) is 57.8 Å². The predicted octanol–water partition coefficient (Wildman–Crippen LogP) is 3.62. The van der Waals surface area contributed by atoms with Gasteiger partial charge in [0.2, 0.25) is 0 Å². The molecule has 0 heterocycles. The molecule has 1 aromatic rings. The van der Waals surface area contributed by atoms with Crippen molar-refractivity contribution in [3.05, 3.63) is 42.5 Å². The van der Waals surface area contributed by atoms with Gasteiger partial charge in [0.25, 0.3) is 0 Å². The average Bonchev–Trinajstić information content (AvgIpc) is 2.48. The highest BCUT2D eigenvalue weighted by molar-refractivity contribution is 8.70. The van der Waals surface area contributed by atoms with Crippen molar-refractivity contribution in [2.45, 2.75) is 10.9 Å². The number of allylic oxidation sites excluding steroid dienone is 2. The second kappa shape index (κ2) is 10.3. The minimum atomic E-state index is -4.22. The highest BCUT2D eigenvalue weighted by Crippen LogP contribution is 2.36. The summed E-state index contributed by atoms with van der Waals surface area (Å²) in [6.45, 7) is 0. The molecule has 0 unspecified atom stereocenters. The molecule has 0 aromatic heterocycles. The van der Waals surface area contributed by atoms with Crippen molar-refractivity contribution in [1.82, 2.24) is 4.90 Å². The van der Waals surface area contributed by atoms with Crippen LogP contribution >= 0.6 is 35.6 Å². The van der Waals surface area contributed by atoms with Crippen molar-refractivity contribution < 1.29 is 13.0 Å². The Labute approximate surface area is 171 Å². The van der Waals surface area contributed by atoms with Gasteiger partial charge in [-0.15, -0.1) is 24.8 Å². The van der Waals surface area contributed by atoms with E-state index in [9.17, 15) is 8.42 Å². The zero-order valence-electron chi connectivity index (χ0n) is 14.9. The molecule has 10 heteroatoms. The summed E-state index contributed by atoms with van der Waals surface area (Å²) >= 11 is 0. The Kier molecular flexibility index (Phi) is 9.93. The highest BCUT2D eigenvalue weighted by atomic mass is 35.5. The summed E-state index contributed by atoms with van der Waals surface area (Å²) in [6, 6.07) is 5.50. The van der Waals surface area contributed by atoms with Crippen molar-refractivity contribution in [2.24, 2.45) is 4.99 Å². The van der Waals surface area contributed by atoms with E-state index in [1.807, 2.05) is 63.5 Å². The second-order valence-corrected chi connectivity index (χ2v) is 8.99. The van der Waals surface area contributed by atoms with E-state index < -0.39 is 9.15 Å². The molecule has 2 rings (SSSR count). The van der Waals surface area contributed by atoms with Crippen LogP contribution in [0, 0.1) is 0 Å². The van der Waals surface area contributed by atoms with Gasteiger partial charge in [-0.1, -0.05) is 12.2 Å². The first kappa shape index (κ1) is 25.0. The van der Waals surface area contributed by atoms with Gasteiger partial charge in [0.15, 0.2) is 0 Å². The number of aliphatic imine (C=N–C) groups is 1. The Bertz CT molecular complexity index is 791. The van der Waals surface area contributed by atoms with E-state index in [-0.39, 0.29) is 30.9 Å². The van der Waals surface area contributed by atoms with Crippen molar-refractivity contribution in [3.8, 4) is 0 Å². The van der Waals surface area contributed by atoms with E-state index in [2.05, 4.69) is 9.89 Å².